The van der Waals surface area contributed by atoms with Gasteiger partial charge < -0.3 is 4.57 Å². The van der Waals surface area contributed by atoms with Gasteiger partial charge in [0.1, 0.15) is 0 Å². The van der Waals surface area contributed by atoms with Crippen molar-refractivity contribution >= 4 is 5.78 Å². The lowest BCUT2D eigenvalue weighted by Gasteiger charge is -1.96. The quantitative estimate of drug-likeness (QED) is 0.526. The van der Waals surface area contributed by atoms with E-state index in [0.29, 0.717) is 6.42 Å². The van der Waals surface area contributed by atoms with E-state index in [1.807, 2.05) is 19.1 Å². The van der Waals surface area contributed by atoms with E-state index in [9.17, 15) is 4.79 Å². The van der Waals surface area contributed by atoms with Crippen molar-refractivity contribution in [2.75, 3.05) is 0 Å². The minimum absolute atomic E-state index is 0.285. The Morgan fingerprint density at radius 1 is 1.50 bits per heavy atom. The summed E-state index contributed by atoms with van der Waals surface area (Å²) in [4.78, 5) is 11.1. The summed E-state index contributed by atoms with van der Waals surface area (Å²) in [5.74, 6) is 0.285. The van der Waals surface area contributed by atoms with Gasteiger partial charge in [0.05, 0.1) is 5.69 Å². The van der Waals surface area contributed by atoms with Gasteiger partial charge in [0.15, 0.2) is 5.78 Å². The van der Waals surface area contributed by atoms with E-state index in [-0.39, 0.29) is 5.78 Å². The fourth-order valence-corrected chi connectivity index (χ4v) is 1.45. The van der Waals surface area contributed by atoms with E-state index >= 15 is 0 Å². The van der Waals surface area contributed by atoms with Crippen molar-refractivity contribution in [1.29, 1.82) is 0 Å². The smallest absolute Gasteiger partial charge is 0.180 e. The maximum Gasteiger partial charge on any atom is 0.180 e. The van der Waals surface area contributed by atoms with Gasteiger partial charge in [-0.15, -0.1) is 0 Å². The second-order valence-corrected chi connectivity index (χ2v) is 2.68. The van der Waals surface area contributed by atoms with Crippen molar-refractivity contribution in [1.82, 2.24) is 4.57 Å². The molecule has 0 aromatic carbocycles. The van der Waals surface area contributed by atoms with E-state index < -0.39 is 0 Å². The monoisotopic (exact) mass is 135 g/mol. The highest BCUT2D eigenvalue weighted by Crippen LogP contribution is 2.17. The van der Waals surface area contributed by atoms with E-state index in [1.54, 1.807) is 0 Å². The third kappa shape index (κ3) is 0.561. The van der Waals surface area contributed by atoms with Gasteiger partial charge in [-0.05, 0) is 19.1 Å². The minimum Gasteiger partial charge on any atom is -0.342 e. The number of carbonyl (C=O) groups is 1. The molecule has 2 rings (SSSR count). The fourth-order valence-electron chi connectivity index (χ4n) is 1.45. The molecule has 0 N–H and O–H groups in total. The Hall–Kier alpha value is -1.05. The zero-order valence-corrected chi connectivity index (χ0v) is 5.92. The van der Waals surface area contributed by atoms with Crippen LogP contribution in [0.25, 0.3) is 0 Å². The van der Waals surface area contributed by atoms with Crippen LogP contribution in [0, 0.1) is 6.92 Å². The number of carbonyl (C=O) groups excluding carboxylic acids is 1. The molecule has 1 aromatic rings. The van der Waals surface area contributed by atoms with Crippen LogP contribution >= 0.6 is 0 Å². The average molecular weight is 135 g/mol. The van der Waals surface area contributed by atoms with E-state index in [4.69, 9.17) is 0 Å². The van der Waals surface area contributed by atoms with Gasteiger partial charge in [0.25, 0.3) is 0 Å². The zero-order valence-electron chi connectivity index (χ0n) is 5.92. The molecule has 0 saturated heterocycles. The predicted octanol–water partition coefficient (Wildman–Crippen LogP) is 1.38. The summed E-state index contributed by atoms with van der Waals surface area (Å²) in [7, 11) is 0. The molecule has 2 nitrogen and oxygen atoms in total. The second kappa shape index (κ2) is 1.72. The first-order valence-electron chi connectivity index (χ1n) is 3.48. The summed E-state index contributed by atoms with van der Waals surface area (Å²) in [5.41, 5.74) is 2.08. The Bertz CT molecular complexity index is 285. The van der Waals surface area contributed by atoms with Crippen LogP contribution in [0.4, 0.5) is 0 Å². The van der Waals surface area contributed by atoms with Gasteiger partial charge in [-0.2, -0.15) is 0 Å². The molecule has 0 spiro atoms. The number of ketones is 1. The van der Waals surface area contributed by atoms with Crippen molar-refractivity contribution in [3.8, 4) is 0 Å². The minimum atomic E-state index is 0.285. The first-order chi connectivity index (χ1) is 4.79. The average Bonchev–Trinajstić information content (AvgIpc) is 2.41. The molecular formula is C8H9NO. The molecular weight excluding hydrogens is 126 g/mol. The Kier molecular flexibility index (Phi) is 0.982. The number of Topliss-reactive ketones (excluding diaryl/α,β-unsaturated/α-hetero) is 1. The lowest BCUT2D eigenvalue weighted by atomic mass is 10.3. The van der Waals surface area contributed by atoms with Gasteiger partial charge in [0.2, 0.25) is 0 Å². The van der Waals surface area contributed by atoms with E-state index in [2.05, 4.69) is 4.57 Å². The lowest BCUT2D eigenvalue weighted by molar-refractivity contribution is 0.0994. The highest BCUT2D eigenvalue weighted by molar-refractivity contribution is 5.96. The number of rotatable bonds is 0. The Labute approximate surface area is 59.5 Å². The summed E-state index contributed by atoms with van der Waals surface area (Å²) < 4.78 is 2.07. The molecule has 1 aliphatic heterocycles. The molecule has 0 fully saturated rings. The topological polar surface area (TPSA) is 22.0 Å². The number of aromatic nitrogens is 1. The normalized spacial score (nSPS) is 15.9. The van der Waals surface area contributed by atoms with Crippen molar-refractivity contribution in [3.05, 3.63) is 23.5 Å². The first kappa shape index (κ1) is 5.71. The zero-order chi connectivity index (χ0) is 7.14. The molecule has 0 radical (unpaired) electrons. The lowest BCUT2D eigenvalue weighted by Crippen LogP contribution is -1.94. The number of fused-ring (bicyclic) bond motifs is 1. The molecule has 0 saturated carbocycles. The van der Waals surface area contributed by atoms with Crippen molar-refractivity contribution < 1.29 is 4.79 Å². The summed E-state index contributed by atoms with van der Waals surface area (Å²) >= 11 is 0. The van der Waals surface area contributed by atoms with Crippen LogP contribution < -0.4 is 0 Å². The number of hydrogen-bond acceptors (Lipinski definition) is 1. The maximum absolute atomic E-state index is 11.1. The Morgan fingerprint density at radius 2 is 2.30 bits per heavy atom. The van der Waals surface area contributed by atoms with E-state index in [0.717, 1.165) is 12.2 Å². The van der Waals surface area contributed by atoms with Gasteiger partial charge in [0, 0.05) is 18.7 Å². The maximum atomic E-state index is 11.1. The molecule has 2 heterocycles. The van der Waals surface area contributed by atoms with Crippen LogP contribution in [0.5, 0.6) is 0 Å². The summed E-state index contributed by atoms with van der Waals surface area (Å²) in [5, 5.41) is 0. The van der Waals surface area contributed by atoms with Gasteiger partial charge >= 0.3 is 0 Å². The summed E-state index contributed by atoms with van der Waals surface area (Å²) in [6.07, 6.45) is 0.691. The van der Waals surface area contributed by atoms with Crippen LogP contribution in [-0.4, -0.2) is 10.4 Å². The molecule has 1 aliphatic rings. The highest BCUT2D eigenvalue weighted by Gasteiger charge is 2.19. The highest BCUT2D eigenvalue weighted by atomic mass is 16.1. The Morgan fingerprint density at radius 3 is 3.00 bits per heavy atom. The third-order valence-electron chi connectivity index (χ3n) is 2.05. The van der Waals surface area contributed by atoms with Crippen LogP contribution in [0.3, 0.4) is 0 Å². The molecule has 0 bridgehead atoms. The van der Waals surface area contributed by atoms with E-state index in [1.165, 1.54) is 5.69 Å². The van der Waals surface area contributed by atoms with Crippen LogP contribution in [0.1, 0.15) is 22.6 Å². The first-order valence-corrected chi connectivity index (χ1v) is 3.48. The number of nitrogens with zero attached hydrogens (tertiary/aromatic N) is 1. The van der Waals surface area contributed by atoms with Gasteiger partial charge in [-0.3, -0.25) is 4.79 Å². The fraction of sp³-hybridized carbons (Fsp3) is 0.375. The molecule has 52 valence electrons. The third-order valence-corrected chi connectivity index (χ3v) is 2.05. The largest absolute Gasteiger partial charge is 0.342 e. The van der Waals surface area contributed by atoms with Crippen molar-refractivity contribution in [2.45, 2.75) is 19.9 Å². The molecule has 0 aliphatic carbocycles. The number of hydrogen-bond donors (Lipinski definition) is 0. The van der Waals surface area contributed by atoms with Gasteiger partial charge in [-0.1, -0.05) is 0 Å². The Balaban J connectivity index is 2.63. The number of aryl methyl sites for hydroxylation is 1. The summed E-state index contributed by atoms with van der Waals surface area (Å²) in [6.45, 7) is 2.91. The van der Waals surface area contributed by atoms with Crippen LogP contribution in [-0.2, 0) is 6.54 Å². The second-order valence-electron chi connectivity index (χ2n) is 2.68. The molecule has 0 unspecified atom stereocenters. The molecule has 2 heteroatoms. The molecule has 0 atom stereocenters. The molecule has 0 amide bonds. The van der Waals surface area contributed by atoms with Crippen molar-refractivity contribution in [2.24, 2.45) is 0 Å². The standard InChI is InChI=1S/C8H9NO/c1-6-2-3-7-8(10)4-5-9(6)7/h2-3H,4-5H2,1H3. The van der Waals surface area contributed by atoms with Gasteiger partial charge in [-0.25, -0.2) is 0 Å². The van der Waals surface area contributed by atoms with Crippen LogP contribution in [0.15, 0.2) is 12.1 Å². The molecule has 10 heavy (non-hydrogen) atoms. The SMILES string of the molecule is Cc1ccc2n1CCC2=O. The predicted molar refractivity (Wildman–Crippen MR) is 38.1 cm³/mol. The summed E-state index contributed by atoms with van der Waals surface area (Å²) in [6, 6.07) is 3.90. The van der Waals surface area contributed by atoms with Crippen molar-refractivity contribution in [3.63, 3.8) is 0 Å². The molecule has 1 aromatic heterocycles. The van der Waals surface area contributed by atoms with Crippen LogP contribution in [0.2, 0.25) is 0 Å².